The molecule has 1 rings (SSSR count). The topological polar surface area (TPSA) is 27.7 Å². The second-order valence-electron chi connectivity index (χ2n) is 4.08. The molecule has 1 aromatic carbocycles. The van der Waals surface area contributed by atoms with Crippen LogP contribution in [0.4, 0.5) is 0 Å². The molecule has 0 saturated heterocycles. The van der Waals surface area contributed by atoms with Gasteiger partial charge in [-0.3, -0.25) is 0 Å². The van der Waals surface area contributed by atoms with Crippen LogP contribution in [0.25, 0.3) is 0 Å². The van der Waals surface area contributed by atoms with E-state index in [9.17, 15) is 0 Å². The lowest BCUT2D eigenvalue weighted by molar-refractivity contribution is 0.213. The van der Waals surface area contributed by atoms with Crippen LogP contribution in [-0.4, -0.2) is 29.6 Å². The highest BCUT2D eigenvalue weighted by Gasteiger charge is 2.11. The van der Waals surface area contributed by atoms with Gasteiger partial charge in [0.1, 0.15) is 5.75 Å². The van der Waals surface area contributed by atoms with Gasteiger partial charge in [-0.2, -0.15) is 0 Å². The first-order chi connectivity index (χ1) is 8.80. The van der Waals surface area contributed by atoms with Gasteiger partial charge in [0.15, 0.2) is 0 Å². The molecular weight excluding hydrogens is 244 g/mol. The van der Waals surface area contributed by atoms with Crippen LogP contribution in [-0.2, 0) is 15.3 Å². The standard InChI is InChI=1S/C14H24O3Si/c1-4-16-18(17-5-2)11-7-9-13-8-6-10-14(12-13)15-3/h6,8,10,12,18H,4-5,7,9,11H2,1-3H3. The minimum atomic E-state index is -1.43. The summed E-state index contributed by atoms with van der Waals surface area (Å²) in [4.78, 5) is 0. The van der Waals surface area contributed by atoms with Crippen molar-refractivity contribution in [3.05, 3.63) is 29.8 Å². The molecule has 1 aromatic rings. The minimum absolute atomic E-state index is 0.760. The molecule has 0 spiro atoms. The number of hydrogen-bond acceptors (Lipinski definition) is 3. The number of aryl methyl sites for hydroxylation is 1. The molecule has 0 fully saturated rings. The third-order valence-electron chi connectivity index (χ3n) is 2.74. The van der Waals surface area contributed by atoms with Gasteiger partial charge in [0, 0.05) is 13.2 Å². The molecule has 3 nitrogen and oxygen atoms in total. The molecule has 4 heteroatoms. The predicted molar refractivity (Wildman–Crippen MR) is 76.5 cm³/mol. The second-order valence-corrected chi connectivity index (χ2v) is 6.19. The van der Waals surface area contributed by atoms with Crippen LogP contribution in [0.1, 0.15) is 25.8 Å². The van der Waals surface area contributed by atoms with E-state index in [0.717, 1.165) is 37.8 Å². The first kappa shape index (κ1) is 15.2. The van der Waals surface area contributed by atoms with Crippen molar-refractivity contribution in [3.63, 3.8) is 0 Å². The van der Waals surface area contributed by atoms with E-state index in [1.54, 1.807) is 7.11 Å². The van der Waals surface area contributed by atoms with E-state index in [-0.39, 0.29) is 0 Å². The Balaban J connectivity index is 2.34. The van der Waals surface area contributed by atoms with Crippen molar-refractivity contribution in [1.82, 2.24) is 0 Å². The van der Waals surface area contributed by atoms with E-state index in [4.69, 9.17) is 13.6 Å². The Labute approximate surface area is 112 Å². The highest BCUT2D eigenvalue weighted by Crippen LogP contribution is 2.15. The van der Waals surface area contributed by atoms with Crippen LogP contribution in [0, 0.1) is 0 Å². The summed E-state index contributed by atoms with van der Waals surface area (Å²) < 4.78 is 16.5. The van der Waals surface area contributed by atoms with E-state index >= 15 is 0 Å². The molecule has 0 radical (unpaired) electrons. The molecule has 0 N–H and O–H groups in total. The molecule has 0 saturated carbocycles. The Hall–Kier alpha value is -0.843. The van der Waals surface area contributed by atoms with Crippen LogP contribution >= 0.6 is 0 Å². The number of methoxy groups -OCH3 is 1. The van der Waals surface area contributed by atoms with Gasteiger partial charge in [0.05, 0.1) is 7.11 Å². The summed E-state index contributed by atoms with van der Waals surface area (Å²) in [7, 11) is 0.275. The van der Waals surface area contributed by atoms with Gasteiger partial charge in [0.2, 0.25) is 0 Å². The molecule has 0 aliphatic carbocycles. The summed E-state index contributed by atoms with van der Waals surface area (Å²) in [6, 6.07) is 9.31. The molecule has 0 atom stereocenters. The average Bonchev–Trinajstić information content (AvgIpc) is 2.39. The summed E-state index contributed by atoms with van der Waals surface area (Å²) in [5.74, 6) is 0.927. The van der Waals surface area contributed by atoms with Crippen molar-refractivity contribution >= 4 is 9.28 Å². The lowest BCUT2D eigenvalue weighted by Gasteiger charge is -2.14. The van der Waals surface area contributed by atoms with Gasteiger partial charge in [-0.25, -0.2) is 0 Å². The van der Waals surface area contributed by atoms with E-state index < -0.39 is 9.28 Å². The van der Waals surface area contributed by atoms with Crippen molar-refractivity contribution in [3.8, 4) is 5.75 Å². The molecule has 0 heterocycles. The monoisotopic (exact) mass is 268 g/mol. The molecule has 18 heavy (non-hydrogen) atoms. The number of rotatable bonds is 9. The Morgan fingerprint density at radius 3 is 2.44 bits per heavy atom. The Kier molecular flexibility index (Phi) is 7.72. The zero-order valence-corrected chi connectivity index (χ0v) is 12.8. The van der Waals surface area contributed by atoms with Crippen LogP contribution < -0.4 is 4.74 Å². The molecule has 0 amide bonds. The fourth-order valence-electron chi connectivity index (χ4n) is 1.89. The van der Waals surface area contributed by atoms with E-state index in [2.05, 4.69) is 12.1 Å². The maximum Gasteiger partial charge on any atom is 0.321 e. The van der Waals surface area contributed by atoms with Crippen molar-refractivity contribution < 1.29 is 13.6 Å². The highest BCUT2D eigenvalue weighted by atomic mass is 28.3. The van der Waals surface area contributed by atoms with E-state index in [1.165, 1.54) is 5.56 Å². The van der Waals surface area contributed by atoms with Crippen molar-refractivity contribution in [2.24, 2.45) is 0 Å². The first-order valence-corrected chi connectivity index (χ1v) is 8.42. The van der Waals surface area contributed by atoms with Gasteiger partial charge in [0.25, 0.3) is 0 Å². The second kappa shape index (κ2) is 9.14. The molecule has 0 aliphatic heterocycles. The fraction of sp³-hybridized carbons (Fsp3) is 0.571. The molecule has 0 aliphatic rings. The minimum Gasteiger partial charge on any atom is -0.497 e. The molecule has 0 aromatic heterocycles. The highest BCUT2D eigenvalue weighted by molar-refractivity contribution is 6.44. The summed E-state index contributed by atoms with van der Waals surface area (Å²) in [6.45, 7) is 5.58. The fourth-order valence-corrected chi connectivity index (χ4v) is 3.60. The maximum absolute atomic E-state index is 5.66. The van der Waals surface area contributed by atoms with Gasteiger partial charge in [-0.1, -0.05) is 12.1 Å². The quantitative estimate of drug-likeness (QED) is 0.645. The summed E-state index contributed by atoms with van der Waals surface area (Å²) in [5.41, 5.74) is 1.31. The summed E-state index contributed by atoms with van der Waals surface area (Å²) in [5, 5.41) is 0. The SMILES string of the molecule is CCO[SiH](CCCc1cccc(OC)c1)OCC. The third-order valence-corrected chi connectivity index (χ3v) is 5.03. The number of hydrogen-bond donors (Lipinski definition) is 0. The lowest BCUT2D eigenvalue weighted by Crippen LogP contribution is -2.22. The molecule has 0 unspecified atom stereocenters. The zero-order chi connectivity index (χ0) is 13.2. The van der Waals surface area contributed by atoms with Crippen LogP contribution in [0.15, 0.2) is 24.3 Å². The molecule has 0 bridgehead atoms. The van der Waals surface area contributed by atoms with Crippen LogP contribution in [0.5, 0.6) is 5.75 Å². The molecule has 102 valence electrons. The van der Waals surface area contributed by atoms with Gasteiger partial charge < -0.3 is 13.6 Å². The lowest BCUT2D eigenvalue weighted by atomic mass is 10.1. The van der Waals surface area contributed by atoms with Crippen molar-refractivity contribution in [1.29, 1.82) is 0 Å². The van der Waals surface area contributed by atoms with Crippen LogP contribution in [0.2, 0.25) is 6.04 Å². The Bertz CT molecular complexity index is 325. The van der Waals surface area contributed by atoms with Gasteiger partial charge >= 0.3 is 9.28 Å². The zero-order valence-electron chi connectivity index (χ0n) is 11.6. The Morgan fingerprint density at radius 2 is 1.83 bits per heavy atom. The Morgan fingerprint density at radius 1 is 1.11 bits per heavy atom. The predicted octanol–water partition coefficient (Wildman–Crippen LogP) is 2.92. The van der Waals surface area contributed by atoms with Gasteiger partial charge in [-0.05, 0) is 50.4 Å². The third kappa shape index (κ3) is 5.66. The number of benzene rings is 1. The first-order valence-electron chi connectivity index (χ1n) is 6.66. The molecular formula is C14H24O3Si. The number of ether oxygens (including phenoxy) is 1. The van der Waals surface area contributed by atoms with E-state index in [0.29, 0.717) is 0 Å². The van der Waals surface area contributed by atoms with Crippen LogP contribution in [0.3, 0.4) is 0 Å². The maximum atomic E-state index is 5.66. The smallest absolute Gasteiger partial charge is 0.321 e. The van der Waals surface area contributed by atoms with Crippen molar-refractivity contribution in [2.45, 2.75) is 32.7 Å². The van der Waals surface area contributed by atoms with Crippen molar-refractivity contribution in [2.75, 3.05) is 20.3 Å². The van der Waals surface area contributed by atoms with E-state index in [1.807, 2.05) is 26.0 Å². The summed E-state index contributed by atoms with van der Waals surface area (Å²) in [6.07, 6.45) is 2.17. The van der Waals surface area contributed by atoms with Gasteiger partial charge in [-0.15, -0.1) is 0 Å². The summed E-state index contributed by atoms with van der Waals surface area (Å²) >= 11 is 0. The average molecular weight is 268 g/mol. The largest absolute Gasteiger partial charge is 0.497 e. The normalized spacial score (nSPS) is 10.9.